The molecule has 0 aromatic heterocycles. The van der Waals surface area contributed by atoms with E-state index in [9.17, 15) is 18.0 Å². The van der Waals surface area contributed by atoms with Crippen LogP contribution >= 0.6 is 0 Å². The zero-order valence-corrected chi connectivity index (χ0v) is 22.6. The number of anilines is 2. The zero-order valence-electron chi connectivity index (χ0n) is 21.8. The number of carbonyl (C=O) groups excluding carboxylic acids is 2. The monoisotopic (exact) mass is 553 g/mol. The Morgan fingerprint density at radius 1 is 0.974 bits per heavy atom. The molecular formula is C28H31N3O7S. The van der Waals surface area contributed by atoms with E-state index < -0.39 is 22.5 Å². The maximum Gasteiger partial charge on any atom is 0.264 e. The average molecular weight is 554 g/mol. The average Bonchev–Trinajstić information content (AvgIpc) is 3.48. The molecule has 11 heteroatoms. The van der Waals surface area contributed by atoms with Crippen molar-refractivity contribution < 1.29 is 32.2 Å². The lowest BCUT2D eigenvalue weighted by molar-refractivity contribution is -0.114. The standard InChI is InChI=1S/C28H31N3O7S/c1-36-25-15-14-22(17-26(25)37-2)39(34,35)31(20-9-4-3-5-10-20)19-27(32)30-24-13-7-6-12-23(24)28(33)29-18-21-11-8-16-38-21/h3-7,9-10,12-15,17,21H,8,11,16,18-19H2,1-2H3,(H,29,33)(H,30,32)/t21-/m0/s1. The molecule has 1 saturated heterocycles. The molecule has 1 aliphatic heterocycles. The summed E-state index contributed by atoms with van der Waals surface area (Å²) in [5, 5.41) is 5.55. The van der Waals surface area contributed by atoms with E-state index in [2.05, 4.69) is 10.6 Å². The minimum Gasteiger partial charge on any atom is -0.493 e. The summed E-state index contributed by atoms with van der Waals surface area (Å²) in [5.74, 6) is -0.379. The normalized spacial score (nSPS) is 14.9. The fraction of sp³-hybridized carbons (Fsp3) is 0.286. The van der Waals surface area contributed by atoms with E-state index in [0.717, 1.165) is 17.1 Å². The lowest BCUT2D eigenvalue weighted by atomic mass is 10.1. The Labute approximate surface area is 227 Å². The SMILES string of the molecule is COc1ccc(S(=O)(=O)N(CC(=O)Nc2ccccc2C(=O)NC[C@@H]2CCCO2)c2ccccc2)cc1OC. The molecule has 1 atom stereocenters. The summed E-state index contributed by atoms with van der Waals surface area (Å²) in [4.78, 5) is 26.0. The van der Waals surface area contributed by atoms with Gasteiger partial charge in [0.15, 0.2) is 11.5 Å². The molecule has 0 spiro atoms. The third-order valence-electron chi connectivity index (χ3n) is 6.23. The molecule has 1 aliphatic rings. The zero-order chi connectivity index (χ0) is 27.8. The van der Waals surface area contributed by atoms with Gasteiger partial charge in [-0.15, -0.1) is 0 Å². The van der Waals surface area contributed by atoms with Crippen LogP contribution in [0.15, 0.2) is 77.7 Å². The maximum absolute atomic E-state index is 13.7. The first kappa shape index (κ1) is 27.9. The third kappa shape index (κ3) is 6.68. The van der Waals surface area contributed by atoms with Crippen molar-refractivity contribution in [2.45, 2.75) is 23.8 Å². The van der Waals surface area contributed by atoms with E-state index in [4.69, 9.17) is 14.2 Å². The van der Waals surface area contributed by atoms with Crippen LogP contribution in [0.25, 0.3) is 0 Å². The van der Waals surface area contributed by atoms with Crippen LogP contribution < -0.4 is 24.4 Å². The lowest BCUT2D eigenvalue weighted by Crippen LogP contribution is -2.38. The van der Waals surface area contributed by atoms with Crippen molar-refractivity contribution in [2.75, 3.05) is 43.5 Å². The van der Waals surface area contributed by atoms with Crippen LogP contribution in [0.4, 0.5) is 11.4 Å². The van der Waals surface area contributed by atoms with Crippen LogP contribution in [0.2, 0.25) is 0 Å². The number of nitrogens with zero attached hydrogens (tertiary/aromatic N) is 1. The van der Waals surface area contributed by atoms with E-state index in [1.54, 1.807) is 54.6 Å². The second-order valence-corrected chi connectivity index (χ2v) is 10.7. The molecule has 1 fully saturated rings. The minimum atomic E-state index is -4.20. The van der Waals surface area contributed by atoms with Crippen molar-refractivity contribution in [3.8, 4) is 11.5 Å². The van der Waals surface area contributed by atoms with E-state index in [1.165, 1.54) is 32.4 Å². The van der Waals surface area contributed by atoms with E-state index in [-0.39, 0.29) is 33.9 Å². The highest BCUT2D eigenvalue weighted by Gasteiger charge is 2.29. The summed E-state index contributed by atoms with van der Waals surface area (Å²) >= 11 is 0. The highest BCUT2D eigenvalue weighted by atomic mass is 32.2. The van der Waals surface area contributed by atoms with Gasteiger partial charge in [-0.1, -0.05) is 30.3 Å². The van der Waals surface area contributed by atoms with E-state index in [0.29, 0.717) is 24.6 Å². The van der Waals surface area contributed by atoms with Crippen molar-refractivity contribution in [3.05, 3.63) is 78.4 Å². The number of rotatable bonds is 11. The molecule has 10 nitrogen and oxygen atoms in total. The Kier molecular flexibility index (Phi) is 9.05. The van der Waals surface area contributed by atoms with Gasteiger partial charge in [0, 0.05) is 19.2 Å². The first-order valence-electron chi connectivity index (χ1n) is 12.4. The summed E-state index contributed by atoms with van der Waals surface area (Å²) in [6, 6.07) is 19.1. The van der Waals surface area contributed by atoms with Crippen LogP contribution in [0, 0.1) is 0 Å². The lowest BCUT2D eigenvalue weighted by Gasteiger charge is -2.24. The number of amides is 2. The summed E-state index contributed by atoms with van der Waals surface area (Å²) in [6.07, 6.45) is 1.80. The van der Waals surface area contributed by atoms with Gasteiger partial charge >= 0.3 is 0 Å². The van der Waals surface area contributed by atoms with Crippen molar-refractivity contribution in [1.29, 1.82) is 0 Å². The van der Waals surface area contributed by atoms with Crippen LogP contribution in [0.3, 0.4) is 0 Å². The highest BCUT2D eigenvalue weighted by molar-refractivity contribution is 7.92. The number of sulfonamides is 1. The summed E-state index contributed by atoms with van der Waals surface area (Å²) in [7, 11) is -1.34. The number of para-hydroxylation sites is 2. The fourth-order valence-corrected chi connectivity index (χ4v) is 5.67. The topological polar surface area (TPSA) is 123 Å². The summed E-state index contributed by atoms with van der Waals surface area (Å²) < 4.78 is 44.5. The Morgan fingerprint density at radius 3 is 2.38 bits per heavy atom. The fourth-order valence-electron chi connectivity index (χ4n) is 4.23. The molecule has 2 amide bonds. The Balaban J connectivity index is 1.56. The van der Waals surface area contributed by atoms with Gasteiger partial charge in [-0.25, -0.2) is 8.42 Å². The molecule has 3 aromatic rings. The Hall–Kier alpha value is -4.09. The minimum absolute atomic E-state index is 0.0306. The molecule has 3 aromatic carbocycles. The number of ether oxygens (including phenoxy) is 3. The van der Waals surface area contributed by atoms with E-state index >= 15 is 0 Å². The van der Waals surface area contributed by atoms with Gasteiger partial charge in [-0.05, 0) is 49.2 Å². The Bertz CT molecular complexity index is 1410. The second-order valence-electron chi connectivity index (χ2n) is 8.80. The summed E-state index contributed by atoms with van der Waals surface area (Å²) in [6.45, 7) is 0.510. The number of hydrogen-bond donors (Lipinski definition) is 2. The second kappa shape index (κ2) is 12.6. The number of nitrogens with one attached hydrogen (secondary N) is 2. The third-order valence-corrected chi connectivity index (χ3v) is 8.00. The highest BCUT2D eigenvalue weighted by Crippen LogP contribution is 2.32. The van der Waals surface area contributed by atoms with Crippen LogP contribution in [-0.2, 0) is 19.6 Å². The van der Waals surface area contributed by atoms with Crippen molar-refractivity contribution in [1.82, 2.24) is 5.32 Å². The molecule has 0 unspecified atom stereocenters. The smallest absolute Gasteiger partial charge is 0.264 e. The quantitative estimate of drug-likeness (QED) is 0.373. The van der Waals surface area contributed by atoms with Crippen molar-refractivity contribution in [2.24, 2.45) is 0 Å². The van der Waals surface area contributed by atoms with Crippen LogP contribution in [0.5, 0.6) is 11.5 Å². The van der Waals surface area contributed by atoms with Crippen molar-refractivity contribution in [3.63, 3.8) is 0 Å². The first-order valence-corrected chi connectivity index (χ1v) is 13.9. The molecule has 206 valence electrons. The predicted molar refractivity (Wildman–Crippen MR) is 147 cm³/mol. The largest absolute Gasteiger partial charge is 0.493 e. The molecule has 0 aliphatic carbocycles. The molecule has 0 radical (unpaired) electrons. The number of hydrogen-bond acceptors (Lipinski definition) is 7. The molecule has 0 bridgehead atoms. The van der Waals surface area contributed by atoms with Crippen molar-refractivity contribution >= 4 is 33.2 Å². The first-order chi connectivity index (χ1) is 18.8. The molecule has 0 saturated carbocycles. The molecule has 4 rings (SSSR count). The van der Waals surface area contributed by atoms with Gasteiger partial charge in [-0.2, -0.15) is 0 Å². The number of benzene rings is 3. The van der Waals surface area contributed by atoms with Gasteiger partial charge in [0.2, 0.25) is 5.91 Å². The molecule has 2 N–H and O–H groups in total. The van der Waals surface area contributed by atoms with Gasteiger partial charge in [0.1, 0.15) is 6.54 Å². The van der Waals surface area contributed by atoms with Gasteiger partial charge in [0.05, 0.1) is 42.2 Å². The van der Waals surface area contributed by atoms with Crippen LogP contribution in [0.1, 0.15) is 23.2 Å². The molecule has 39 heavy (non-hydrogen) atoms. The van der Waals surface area contributed by atoms with Gasteiger partial charge in [0.25, 0.3) is 15.9 Å². The Morgan fingerprint density at radius 2 is 1.69 bits per heavy atom. The van der Waals surface area contributed by atoms with Gasteiger partial charge in [-0.3, -0.25) is 13.9 Å². The molecular weight excluding hydrogens is 522 g/mol. The van der Waals surface area contributed by atoms with Gasteiger partial charge < -0.3 is 24.8 Å². The van der Waals surface area contributed by atoms with E-state index in [1.807, 2.05) is 0 Å². The van der Waals surface area contributed by atoms with Crippen LogP contribution in [-0.4, -0.2) is 60.3 Å². The predicted octanol–water partition coefficient (Wildman–Crippen LogP) is 3.45. The molecule has 1 heterocycles. The number of methoxy groups -OCH3 is 2. The summed E-state index contributed by atoms with van der Waals surface area (Å²) in [5.41, 5.74) is 0.826. The maximum atomic E-state index is 13.7. The number of carbonyl (C=O) groups is 2.